The molecule has 0 radical (unpaired) electrons. The van der Waals surface area contributed by atoms with Crippen LogP contribution in [-0.2, 0) is 0 Å². The Morgan fingerprint density at radius 2 is 2.18 bits per heavy atom. The van der Waals surface area contributed by atoms with E-state index in [1.165, 1.54) is 18.9 Å². The average Bonchev–Trinajstić information content (AvgIpc) is 3.67. The highest BCUT2D eigenvalue weighted by atomic mass is 35.5. The standard InChI is InChI=1S/C24H23BClFN6/c1-30-10-16-6-15(7-21(27)23(16)29)22-9-20(26)18-8-17(11-31-24(18)32-22)33-5-4-25(13-28)19(12-33)14-2-3-14/h6-11,14,19,29-30H,2-5,12H2,1H3/b16-10-,29-23?. The van der Waals surface area contributed by atoms with E-state index < -0.39 is 5.83 Å². The molecule has 6 nitrogen and oxygen atoms in total. The molecule has 0 aromatic carbocycles. The van der Waals surface area contributed by atoms with Crippen LogP contribution in [0.5, 0.6) is 0 Å². The number of halogens is 2. The molecule has 166 valence electrons. The van der Waals surface area contributed by atoms with E-state index in [4.69, 9.17) is 17.0 Å². The number of pyridine rings is 2. The summed E-state index contributed by atoms with van der Waals surface area (Å²) in [4.78, 5) is 11.5. The second kappa shape index (κ2) is 8.64. The van der Waals surface area contributed by atoms with Crippen LogP contribution in [0, 0.1) is 22.6 Å². The first kappa shape index (κ1) is 21.7. The highest BCUT2D eigenvalue weighted by Crippen LogP contribution is 2.45. The number of allylic oxidation sites excluding steroid dienone is 5. The van der Waals surface area contributed by atoms with Crippen molar-refractivity contribution in [3.05, 3.63) is 58.8 Å². The van der Waals surface area contributed by atoms with Crippen LogP contribution in [0.4, 0.5) is 10.1 Å². The number of nitrogens with zero attached hydrogens (tertiary/aromatic N) is 4. The van der Waals surface area contributed by atoms with Crippen LogP contribution >= 0.6 is 11.6 Å². The molecule has 2 N–H and O–H groups in total. The van der Waals surface area contributed by atoms with Crippen molar-refractivity contribution in [2.24, 2.45) is 5.92 Å². The van der Waals surface area contributed by atoms with Crippen molar-refractivity contribution in [1.29, 1.82) is 10.7 Å². The van der Waals surface area contributed by atoms with Crippen LogP contribution in [-0.4, -0.2) is 42.5 Å². The number of hydrogen-bond acceptors (Lipinski definition) is 6. The minimum absolute atomic E-state index is 0.135. The van der Waals surface area contributed by atoms with Crippen molar-refractivity contribution in [3.8, 4) is 5.97 Å². The van der Waals surface area contributed by atoms with Crippen molar-refractivity contribution < 1.29 is 4.39 Å². The summed E-state index contributed by atoms with van der Waals surface area (Å²) in [6.07, 6.45) is 9.70. The Morgan fingerprint density at radius 3 is 2.91 bits per heavy atom. The van der Waals surface area contributed by atoms with E-state index in [0.29, 0.717) is 39.2 Å². The molecule has 0 amide bonds. The second-order valence-corrected chi connectivity index (χ2v) is 9.29. The van der Waals surface area contributed by atoms with Gasteiger partial charge in [0.2, 0.25) is 0 Å². The SMILES string of the molecule is CN/C=C1/C=C(c2cc(Cl)c3cc(N4CCB(C#N)C(C5CC5)C4)cnc3n2)C=C(F)C1=N. The number of anilines is 1. The smallest absolute Gasteiger partial charge is 0.274 e. The summed E-state index contributed by atoms with van der Waals surface area (Å²) in [5.74, 6) is 2.96. The maximum atomic E-state index is 14.3. The van der Waals surface area contributed by atoms with Crippen LogP contribution in [0.15, 0.2) is 48.1 Å². The zero-order valence-electron chi connectivity index (χ0n) is 18.3. The Bertz CT molecular complexity index is 1280. The Hall–Kier alpha value is -3.18. The zero-order chi connectivity index (χ0) is 23.1. The van der Waals surface area contributed by atoms with Gasteiger partial charge in [-0.3, -0.25) is 5.41 Å². The molecule has 9 heteroatoms. The van der Waals surface area contributed by atoms with Gasteiger partial charge in [-0.1, -0.05) is 24.4 Å². The molecule has 1 atom stereocenters. The predicted molar refractivity (Wildman–Crippen MR) is 131 cm³/mol. The molecule has 1 aliphatic heterocycles. The van der Waals surface area contributed by atoms with Crippen molar-refractivity contribution in [1.82, 2.24) is 15.3 Å². The van der Waals surface area contributed by atoms with Gasteiger partial charge in [0.05, 0.1) is 28.3 Å². The van der Waals surface area contributed by atoms with Gasteiger partial charge in [0.25, 0.3) is 6.71 Å². The van der Waals surface area contributed by atoms with Crippen molar-refractivity contribution in [2.45, 2.75) is 25.0 Å². The van der Waals surface area contributed by atoms with E-state index in [0.717, 1.165) is 30.5 Å². The summed E-state index contributed by atoms with van der Waals surface area (Å²) in [6.45, 7) is 1.82. The highest BCUT2D eigenvalue weighted by Gasteiger charge is 2.42. The fraction of sp³-hybridized carbons (Fsp3) is 0.333. The lowest BCUT2D eigenvalue weighted by Crippen LogP contribution is -2.42. The molecule has 2 aromatic rings. The predicted octanol–water partition coefficient (Wildman–Crippen LogP) is 4.81. The first-order chi connectivity index (χ1) is 16.0. The molecule has 0 bridgehead atoms. The summed E-state index contributed by atoms with van der Waals surface area (Å²) in [5.41, 5.74) is 2.76. The Balaban J connectivity index is 1.46. The maximum absolute atomic E-state index is 14.3. The summed E-state index contributed by atoms with van der Waals surface area (Å²) in [5, 5.41) is 21.5. The van der Waals surface area contributed by atoms with Crippen molar-refractivity contribution in [2.75, 3.05) is 25.0 Å². The fourth-order valence-corrected chi connectivity index (χ4v) is 5.04. The lowest BCUT2D eigenvalue weighted by atomic mass is 9.37. The van der Waals surface area contributed by atoms with Gasteiger partial charge in [-0.2, -0.15) is 0 Å². The Kier molecular flexibility index (Phi) is 5.67. The molecule has 33 heavy (non-hydrogen) atoms. The molecular formula is C24H23BClFN6. The van der Waals surface area contributed by atoms with Gasteiger partial charge >= 0.3 is 0 Å². The van der Waals surface area contributed by atoms with Crippen molar-refractivity contribution >= 4 is 46.3 Å². The second-order valence-electron chi connectivity index (χ2n) is 8.88. The molecule has 1 saturated carbocycles. The third-order valence-electron chi connectivity index (χ3n) is 6.73. The van der Waals surface area contributed by atoms with E-state index in [9.17, 15) is 9.65 Å². The fourth-order valence-electron chi connectivity index (χ4n) is 4.80. The third kappa shape index (κ3) is 4.13. The van der Waals surface area contributed by atoms with Gasteiger partial charge in [-0.25, -0.2) is 19.6 Å². The van der Waals surface area contributed by atoms with E-state index in [1.54, 1.807) is 31.6 Å². The van der Waals surface area contributed by atoms with Crippen LogP contribution in [0.1, 0.15) is 18.5 Å². The van der Waals surface area contributed by atoms with Gasteiger partial charge in [0, 0.05) is 48.8 Å². The maximum Gasteiger partial charge on any atom is 0.274 e. The molecule has 2 aromatic heterocycles. The molecule has 5 rings (SSSR count). The first-order valence-electron chi connectivity index (χ1n) is 11.2. The Morgan fingerprint density at radius 1 is 1.36 bits per heavy atom. The number of aromatic nitrogens is 2. The summed E-state index contributed by atoms with van der Waals surface area (Å²) >= 11 is 6.64. The van der Waals surface area contributed by atoms with Crippen LogP contribution in [0.2, 0.25) is 17.2 Å². The lowest BCUT2D eigenvalue weighted by Gasteiger charge is -2.36. The third-order valence-corrected chi connectivity index (χ3v) is 7.04. The van der Waals surface area contributed by atoms with Crippen LogP contribution in [0.3, 0.4) is 0 Å². The topological polar surface area (TPSA) is 88.7 Å². The summed E-state index contributed by atoms with van der Waals surface area (Å²) < 4.78 is 14.3. The molecule has 0 spiro atoms. The average molecular weight is 461 g/mol. The van der Waals surface area contributed by atoms with E-state index in [2.05, 4.69) is 26.2 Å². The van der Waals surface area contributed by atoms with E-state index in [1.807, 2.05) is 6.07 Å². The molecule has 2 fully saturated rings. The number of hydrogen-bond donors (Lipinski definition) is 2. The molecule has 1 unspecified atom stereocenters. The minimum Gasteiger partial charge on any atom is -0.393 e. The lowest BCUT2D eigenvalue weighted by molar-refractivity contribution is 0.644. The molecule has 3 aliphatic rings. The van der Waals surface area contributed by atoms with E-state index in [-0.39, 0.29) is 12.4 Å². The number of rotatable bonds is 4. The monoisotopic (exact) mass is 460 g/mol. The van der Waals surface area contributed by atoms with Gasteiger partial charge in [0.15, 0.2) is 5.65 Å². The zero-order valence-corrected chi connectivity index (χ0v) is 19.0. The largest absolute Gasteiger partial charge is 0.393 e. The Labute approximate surface area is 197 Å². The minimum atomic E-state index is -0.624. The van der Waals surface area contributed by atoms with Crippen molar-refractivity contribution in [3.63, 3.8) is 0 Å². The summed E-state index contributed by atoms with van der Waals surface area (Å²) in [7, 11) is 1.70. The molecular weight excluding hydrogens is 438 g/mol. The van der Waals surface area contributed by atoms with Crippen LogP contribution < -0.4 is 10.2 Å². The summed E-state index contributed by atoms with van der Waals surface area (Å²) in [6, 6.07) is 3.72. The molecule has 1 saturated heterocycles. The molecule has 3 heterocycles. The van der Waals surface area contributed by atoms with Gasteiger partial charge < -0.3 is 10.2 Å². The molecule has 2 aliphatic carbocycles. The quantitative estimate of drug-likeness (QED) is 0.639. The van der Waals surface area contributed by atoms with Crippen LogP contribution in [0.25, 0.3) is 16.6 Å². The van der Waals surface area contributed by atoms with E-state index >= 15 is 0 Å². The first-order valence-corrected chi connectivity index (χ1v) is 11.5. The normalized spacial score (nSPS) is 22.3. The van der Waals surface area contributed by atoms with Gasteiger partial charge in [-0.05, 0) is 42.3 Å². The number of nitriles is 1. The highest BCUT2D eigenvalue weighted by molar-refractivity contribution is 6.69. The van der Waals surface area contributed by atoms with Gasteiger partial charge in [0.1, 0.15) is 5.83 Å². The van der Waals surface area contributed by atoms with Gasteiger partial charge in [-0.15, -0.1) is 0 Å². The number of fused-ring (bicyclic) bond motifs is 1. The number of nitrogens with one attached hydrogen (secondary N) is 2.